The minimum Gasteiger partial charge on any atom is -0.497 e. The number of rotatable bonds is 4. The van der Waals surface area contributed by atoms with Crippen molar-refractivity contribution in [3.8, 4) is 5.75 Å². The van der Waals surface area contributed by atoms with Gasteiger partial charge in [0.25, 0.3) is 0 Å². The Hall–Kier alpha value is -1.44. The normalized spacial score (nSPS) is 10.9. The van der Waals surface area contributed by atoms with E-state index in [4.69, 9.17) is 4.74 Å². The maximum absolute atomic E-state index is 5.24. The number of nitrogens with zero attached hydrogens (tertiary/aromatic N) is 1. The van der Waals surface area contributed by atoms with Crippen LogP contribution in [0.2, 0.25) is 0 Å². The minimum absolute atomic E-state index is 0.931. The lowest BCUT2D eigenvalue weighted by atomic mass is 10.2. The van der Waals surface area contributed by atoms with Gasteiger partial charge >= 0.3 is 0 Å². The van der Waals surface area contributed by atoms with Crippen LogP contribution >= 0.6 is 0 Å². The lowest BCUT2D eigenvalue weighted by Gasteiger charge is -2.07. The molecule has 0 aliphatic rings. The van der Waals surface area contributed by atoms with Gasteiger partial charge in [0.1, 0.15) is 5.75 Å². The third-order valence-electron chi connectivity index (χ3n) is 3.05. The molecule has 1 aromatic heterocycles. The molecule has 0 aliphatic heterocycles. The molecule has 0 saturated heterocycles. The topological polar surface area (TPSA) is 14.2 Å². The molecule has 1 aromatic carbocycles. The van der Waals surface area contributed by atoms with Gasteiger partial charge in [0.05, 0.1) is 7.11 Å². The lowest BCUT2D eigenvalue weighted by Crippen LogP contribution is -1.99. The predicted molar refractivity (Wildman–Crippen MR) is 68.1 cm³/mol. The average Bonchev–Trinajstić information content (AvgIpc) is 2.61. The Morgan fingerprint density at radius 1 is 1.25 bits per heavy atom. The fourth-order valence-electron chi connectivity index (χ4n) is 2.13. The Morgan fingerprint density at radius 3 is 2.75 bits per heavy atom. The molecule has 2 rings (SSSR count). The Balaban J connectivity index is 2.45. The molecule has 2 nitrogen and oxygen atoms in total. The van der Waals surface area contributed by atoms with Crippen molar-refractivity contribution < 1.29 is 4.74 Å². The van der Waals surface area contributed by atoms with E-state index in [0.29, 0.717) is 0 Å². The average molecular weight is 217 g/mol. The third-order valence-corrected chi connectivity index (χ3v) is 3.05. The van der Waals surface area contributed by atoms with Crippen LogP contribution < -0.4 is 4.74 Å². The summed E-state index contributed by atoms with van der Waals surface area (Å²) in [6.45, 7) is 5.50. The number of methoxy groups -OCH3 is 1. The van der Waals surface area contributed by atoms with Gasteiger partial charge in [0.2, 0.25) is 0 Å². The number of hydrogen-bond donors (Lipinski definition) is 0. The number of hydrogen-bond acceptors (Lipinski definition) is 1. The van der Waals surface area contributed by atoms with Crippen LogP contribution in [0.3, 0.4) is 0 Å². The van der Waals surface area contributed by atoms with E-state index < -0.39 is 0 Å². The van der Waals surface area contributed by atoms with Crippen LogP contribution in [-0.4, -0.2) is 11.7 Å². The molecule has 16 heavy (non-hydrogen) atoms. The first-order valence-corrected chi connectivity index (χ1v) is 5.90. The summed E-state index contributed by atoms with van der Waals surface area (Å²) < 4.78 is 7.63. The smallest absolute Gasteiger partial charge is 0.119 e. The molecular formula is C14H19NO. The van der Waals surface area contributed by atoms with Gasteiger partial charge in [-0.1, -0.05) is 13.3 Å². The monoisotopic (exact) mass is 217 g/mol. The highest BCUT2D eigenvalue weighted by molar-refractivity contribution is 5.82. The molecule has 0 bridgehead atoms. The molecule has 2 aromatic rings. The number of aromatic nitrogens is 1. The summed E-state index contributed by atoms with van der Waals surface area (Å²) >= 11 is 0. The Bertz CT molecular complexity index is 485. The van der Waals surface area contributed by atoms with E-state index in [1.54, 1.807) is 7.11 Å². The van der Waals surface area contributed by atoms with Gasteiger partial charge < -0.3 is 9.30 Å². The molecule has 0 amide bonds. The van der Waals surface area contributed by atoms with Crippen LogP contribution in [0, 0.1) is 6.92 Å². The quantitative estimate of drug-likeness (QED) is 0.760. The summed E-state index contributed by atoms with van der Waals surface area (Å²) in [5.41, 5.74) is 2.64. The summed E-state index contributed by atoms with van der Waals surface area (Å²) in [6, 6.07) is 8.51. The van der Waals surface area contributed by atoms with Crippen molar-refractivity contribution >= 4 is 10.9 Å². The molecular weight excluding hydrogens is 198 g/mol. The van der Waals surface area contributed by atoms with E-state index in [-0.39, 0.29) is 0 Å². The Labute approximate surface area is 96.8 Å². The minimum atomic E-state index is 0.931. The van der Waals surface area contributed by atoms with E-state index >= 15 is 0 Å². The number of ether oxygens (including phenoxy) is 1. The number of benzene rings is 1. The zero-order chi connectivity index (χ0) is 11.5. The summed E-state index contributed by atoms with van der Waals surface area (Å²) in [4.78, 5) is 0. The SMILES string of the molecule is CCCCn1c(C)cc2cc(OC)ccc21. The van der Waals surface area contributed by atoms with Crippen LogP contribution in [0.4, 0.5) is 0 Å². The molecule has 0 spiro atoms. The van der Waals surface area contributed by atoms with Crippen molar-refractivity contribution in [2.75, 3.05) is 7.11 Å². The third kappa shape index (κ3) is 1.92. The van der Waals surface area contributed by atoms with Gasteiger partial charge in [-0.15, -0.1) is 0 Å². The van der Waals surface area contributed by atoms with Crippen molar-refractivity contribution in [1.29, 1.82) is 0 Å². The largest absolute Gasteiger partial charge is 0.497 e. The molecule has 2 heteroatoms. The Kier molecular flexibility index (Phi) is 3.18. The van der Waals surface area contributed by atoms with Crippen LogP contribution in [0.15, 0.2) is 24.3 Å². The second-order valence-corrected chi connectivity index (χ2v) is 4.22. The molecule has 86 valence electrons. The van der Waals surface area contributed by atoms with Gasteiger partial charge in [-0.2, -0.15) is 0 Å². The second-order valence-electron chi connectivity index (χ2n) is 4.22. The van der Waals surface area contributed by atoms with Crippen molar-refractivity contribution in [1.82, 2.24) is 4.57 Å². The molecule has 0 aliphatic carbocycles. The molecule has 0 N–H and O–H groups in total. The summed E-state index contributed by atoms with van der Waals surface area (Å²) in [7, 11) is 1.71. The number of aryl methyl sites for hydroxylation is 2. The zero-order valence-electron chi connectivity index (χ0n) is 10.3. The summed E-state index contributed by atoms with van der Waals surface area (Å²) in [6.07, 6.45) is 2.46. The zero-order valence-corrected chi connectivity index (χ0v) is 10.3. The van der Waals surface area contributed by atoms with Crippen LogP contribution in [0.1, 0.15) is 25.5 Å². The van der Waals surface area contributed by atoms with E-state index in [9.17, 15) is 0 Å². The van der Waals surface area contributed by atoms with Gasteiger partial charge in [-0.05, 0) is 37.6 Å². The Morgan fingerprint density at radius 2 is 2.06 bits per heavy atom. The highest BCUT2D eigenvalue weighted by atomic mass is 16.5. The molecule has 1 heterocycles. The highest BCUT2D eigenvalue weighted by Crippen LogP contribution is 2.24. The highest BCUT2D eigenvalue weighted by Gasteiger charge is 2.05. The molecule has 0 fully saturated rings. The standard InChI is InChI=1S/C14H19NO/c1-4-5-8-15-11(2)9-12-10-13(16-3)6-7-14(12)15/h6-7,9-10H,4-5,8H2,1-3H3. The van der Waals surface area contributed by atoms with E-state index in [1.807, 2.05) is 6.07 Å². The van der Waals surface area contributed by atoms with Crippen LogP contribution in [0.25, 0.3) is 10.9 Å². The second kappa shape index (κ2) is 4.60. The van der Waals surface area contributed by atoms with Gasteiger partial charge in [-0.25, -0.2) is 0 Å². The fourth-order valence-corrected chi connectivity index (χ4v) is 2.13. The van der Waals surface area contributed by atoms with Crippen LogP contribution in [0.5, 0.6) is 5.75 Å². The number of fused-ring (bicyclic) bond motifs is 1. The maximum atomic E-state index is 5.24. The van der Waals surface area contributed by atoms with E-state index in [0.717, 1.165) is 12.3 Å². The number of unbranched alkanes of at least 4 members (excludes halogenated alkanes) is 1. The first-order chi connectivity index (χ1) is 7.76. The first kappa shape index (κ1) is 11.1. The lowest BCUT2D eigenvalue weighted by molar-refractivity contribution is 0.415. The van der Waals surface area contributed by atoms with Gasteiger partial charge in [-0.3, -0.25) is 0 Å². The van der Waals surface area contributed by atoms with Crippen molar-refractivity contribution in [2.24, 2.45) is 0 Å². The molecule has 0 saturated carbocycles. The van der Waals surface area contributed by atoms with Crippen molar-refractivity contribution in [3.63, 3.8) is 0 Å². The first-order valence-electron chi connectivity index (χ1n) is 5.90. The summed E-state index contributed by atoms with van der Waals surface area (Å²) in [5, 5.41) is 1.27. The van der Waals surface area contributed by atoms with E-state index in [2.05, 4.69) is 36.6 Å². The fraction of sp³-hybridized carbons (Fsp3) is 0.429. The predicted octanol–water partition coefficient (Wildman–Crippen LogP) is 3.76. The van der Waals surface area contributed by atoms with Crippen molar-refractivity contribution in [2.45, 2.75) is 33.2 Å². The molecule has 0 radical (unpaired) electrons. The van der Waals surface area contributed by atoms with Gasteiger partial charge in [0, 0.05) is 23.1 Å². The molecule has 0 atom stereocenters. The summed E-state index contributed by atoms with van der Waals surface area (Å²) in [5.74, 6) is 0.931. The molecule has 0 unspecified atom stereocenters. The van der Waals surface area contributed by atoms with Crippen LogP contribution in [-0.2, 0) is 6.54 Å². The maximum Gasteiger partial charge on any atom is 0.119 e. The van der Waals surface area contributed by atoms with Crippen molar-refractivity contribution in [3.05, 3.63) is 30.0 Å². The van der Waals surface area contributed by atoms with E-state index in [1.165, 1.54) is 29.4 Å². The van der Waals surface area contributed by atoms with Gasteiger partial charge in [0.15, 0.2) is 0 Å².